The van der Waals surface area contributed by atoms with E-state index in [1.807, 2.05) is 20.8 Å². The molecule has 3 N–H and O–H groups in total. The highest BCUT2D eigenvalue weighted by atomic mass is 35.5. The molecule has 0 aliphatic heterocycles. The first kappa shape index (κ1) is 20.7. The molecular formula is C9H26ClNO3Si. The average Bonchev–Trinajstić information content (AvgIpc) is 2.06. The van der Waals surface area contributed by atoms with Gasteiger partial charge in [0.15, 0.2) is 0 Å². The van der Waals surface area contributed by atoms with Gasteiger partial charge in [0.2, 0.25) is 0 Å². The largest absolute Gasteiger partial charge is 0.500 e. The fourth-order valence-electron chi connectivity index (χ4n) is 1.31. The Morgan fingerprint density at radius 2 is 1.13 bits per heavy atom. The van der Waals surface area contributed by atoms with Crippen molar-refractivity contribution >= 4 is 21.2 Å². The summed E-state index contributed by atoms with van der Waals surface area (Å²) in [5.74, 6) is 0. The normalized spacial score (nSPS) is 10.4. The van der Waals surface area contributed by atoms with Crippen LogP contribution in [-0.4, -0.2) is 28.6 Å². The second-order valence-corrected chi connectivity index (χ2v) is 5.46. The summed E-state index contributed by atoms with van der Waals surface area (Å²) in [4.78, 5) is 0. The number of halogens is 1. The predicted molar refractivity (Wildman–Crippen MR) is 68.0 cm³/mol. The standard InChI is InChI=1S/C9H22O3Si.ClH.H3N/c1-5-9-13(10-6-2,11-7-3)12-8-4;;/h5-9H2,1-4H3;1H;1H3. The van der Waals surface area contributed by atoms with Crippen molar-refractivity contribution < 1.29 is 13.3 Å². The molecule has 0 unspecified atom stereocenters. The van der Waals surface area contributed by atoms with Crippen molar-refractivity contribution in [1.82, 2.24) is 6.15 Å². The lowest BCUT2D eigenvalue weighted by Gasteiger charge is -2.27. The zero-order chi connectivity index (χ0) is 10.2. The Hall–Kier alpha value is 0.347. The van der Waals surface area contributed by atoms with Crippen LogP contribution < -0.4 is 6.15 Å². The molecular weight excluding hydrogens is 234 g/mol. The summed E-state index contributed by atoms with van der Waals surface area (Å²) in [6, 6.07) is 0.919. The zero-order valence-electron chi connectivity index (χ0n) is 10.4. The van der Waals surface area contributed by atoms with E-state index >= 15 is 0 Å². The highest BCUT2D eigenvalue weighted by Crippen LogP contribution is 2.17. The second-order valence-electron chi connectivity index (χ2n) is 2.73. The van der Waals surface area contributed by atoms with Crippen LogP contribution in [0.15, 0.2) is 0 Å². The van der Waals surface area contributed by atoms with Crippen molar-refractivity contribution in [3.05, 3.63) is 0 Å². The van der Waals surface area contributed by atoms with Gasteiger partial charge in [-0.2, -0.15) is 0 Å². The van der Waals surface area contributed by atoms with Gasteiger partial charge in [0.1, 0.15) is 0 Å². The quantitative estimate of drug-likeness (QED) is 0.681. The summed E-state index contributed by atoms with van der Waals surface area (Å²) >= 11 is 0. The van der Waals surface area contributed by atoms with Crippen LogP contribution in [0.5, 0.6) is 0 Å². The van der Waals surface area contributed by atoms with Gasteiger partial charge in [-0.1, -0.05) is 13.3 Å². The van der Waals surface area contributed by atoms with Gasteiger partial charge in [0.25, 0.3) is 0 Å². The Bertz CT molecular complexity index is 100. The van der Waals surface area contributed by atoms with Crippen LogP contribution in [0.3, 0.4) is 0 Å². The van der Waals surface area contributed by atoms with Crippen LogP contribution >= 0.6 is 12.4 Å². The topological polar surface area (TPSA) is 62.7 Å². The molecule has 0 atom stereocenters. The van der Waals surface area contributed by atoms with Crippen LogP contribution in [0.4, 0.5) is 0 Å². The summed E-state index contributed by atoms with van der Waals surface area (Å²) in [7, 11) is -2.30. The third kappa shape index (κ3) is 8.18. The summed E-state index contributed by atoms with van der Waals surface area (Å²) < 4.78 is 16.9. The third-order valence-electron chi connectivity index (χ3n) is 1.65. The fourth-order valence-corrected chi connectivity index (χ4v) is 3.92. The average molecular weight is 260 g/mol. The molecule has 15 heavy (non-hydrogen) atoms. The molecule has 0 spiro atoms. The van der Waals surface area contributed by atoms with Gasteiger partial charge in [-0.05, 0) is 20.8 Å². The molecule has 4 nitrogen and oxygen atoms in total. The molecule has 0 rings (SSSR count). The van der Waals surface area contributed by atoms with Crippen molar-refractivity contribution in [2.75, 3.05) is 19.8 Å². The molecule has 0 aliphatic rings. The maximum absolute atomic E-state index is 5.65. The molecule has 0 aromatic heterocycles. The van der Waals surface area contributed by atoms with E-state index in [4.69, 9.17) is 13.3 Å². The van der Waals surface area contributed by atoms with E-state index in [2.05, 4.69) is 6.92 Å². The van der Waals surface area contributed by atoms with E-state index in [0.29, 0.717) is 19.8 Å². The molecule has 0 saturated heterocycles. The highest BCUT2D eigenvalue weighted by Gasteiger charge is 2.38. The summed E-state index contributed by atoms with van der Waals surface area (Å²) in [5, 5.41) is 0. The first-order valence-corrected chi connectivity index (χ1v) is 7.09. The minimum atomic E-state index is -2.30. The number of rotatable bonds is 8. The van der Waals surface area contributed by atoms with Crippen molar-refractivity contribution in [3.8, 4) is 0 Å². The second kappa shape index (κ2) is 12.4. The first-order chi connectivity index (χ1) is 6.24. The van der Waals surface area contributed by atoms with Gasteiger partial charge in [-0.3, -0.25) is 0 Å². The summed E-state index contributed by atoms with van der Waals surface area (Å²) in [6.45, 7) is 10.1. The summed E-state index contributed by atoms with van der Waals surface area (Å²) in [6.07, 6.45) is 1.05. The molecule has 0 saturated carbocycles. The monoisotopic (exact) mass is 259 g/mol. The lowest BCUT2D eigenvalue weighted by molar-refractivity contribution is 0.0712. The smallest absolute Gasteiger partial charge is 0.374 e. The molecule has 0 aromatic carbocycles. The van der Waals surface area contributed by atoms with Gasteiger partial charge < -0.3 is 19.4 Å². The van der Waals surface area contributed by atoms with Gasteiger partial charge in [0, 0.05) is 25.9 Å². The van der Waals surface area contributed by atoms with Crippen LogP contribution in [-0.2, 0) is 13.3 Å². The van der Waals surface area contributed by atoms with E-state index in [0.717, 1.165) is 12.5 Å². The summed E-state index contributed by atoms with van der Waals surface area (Å²) in [5.41, 5.74) is 0. The minimum Gasteiger partial charge on any atom is -0.374 e. The number of hydrogen-bond acceptors (Lipinski definition) is 4. The van der Waals surface area contributed by atoms with Crippen LogP contribution in [0.2, 0.25) is 6.04 Å². The Balaban J connectivity index is -0.000000720. The zero-order valence-corrected chi connectivity index (χ0v) is 12.2. The van der Waals surface area contributed by atoms with Crippen molar-refractivity contribution in [2.45, 2.75) is 40.2 Å². The lowest BCUT2D eigenvalue weighted by atomic mass is 10.6. The van der Waals surface area contributed by atoms with Crippen LogP contribution in [0.1, 0.15) is 34.1 Å². The van der Waals surface area contributed by atoms with Gasteiger partial charge in [-0.15, -0.1) is 12.4 Å². The maximum Gasteiger partial charge on any atom is 0.500 e. The third-order valence-corrected chi connectivity index (χ3v) is 4.95. The van der Waals surface area contributed by atoms with E-state index < -0.39 is 8.80 Å². The molecule has 0 heterocycles. The van der Waals surface area contributed by atoms with Crippen LogP contribution in [0.25, 0.3) is 0 Å². The molecule has 0 aliphatic carbocycles. The fraction of sp³-hybridized carbons (Fsp3) is 1.00. The van der Waals surface area contributed by atoms with Crippen molar-refractivity contribution in [2.24, 2.45) is 0 Å². The van der Waals surface area contributed by atoms with Crippen molar-refractivity contribution in [1.29, 1.82) is 0 Å². The van der Waals surface area contributed by atoms with Gasteiger partial charge in [-0.25, -0.2) is 0 Å². The first-order valence-electron chi connectivity index (χ1n) is 5.16. The Morgan fingerprint density at radius 1 is 0.800 bits per heavy atom. The molecule has 6 heteroatoms. The van der Waals surface area contributed by atoms with Gasteiger partial charge >= 0.3 is 8.80 Å². The molecule has 0 amide bonds. The molecule has 96 valence electrons. The minimum absolute atomic E-state index is 0. The SMILES string of the molecule is CCC[Si](OCC)(OCC)OCC.Cl.N. The molecule has 0 fully saturated rings. The van der Waals surface area contributed by atoms with E-state index in [-0.39, 0.29) is 18.6 Å². The Morgan fingerprint density at radius 3 is 1.33 bits per heavy atom. The highest BCUT2D eigenvalue weighted by molar-refractivity contribution is 6.60. The van der Waals surface area contributed by atoms with Crippen molar-refractivity contribution in [3.63, 3.8) is 0 Å². The van der Waals surface area contributed by atoms with Crippen LogP contribution in [0, 0.1) is 0 Å². The predicted octanol–water partition coefficient (Wildman–Crippen LogP) is 3.03. The molecule has 0 bridgehead atoms. The van der Waals surface area contributed by atoms with E-state index in [1.165, 1.54) is 0 Å². The Labute approximate surface area is 101 Å². The lowest BCUT2D eigenvalue weighted by Crippen LogP contribution is -2.45. The Kier molecular flexibility index (Phi) is 17.2. The molecule has 0 radical (unpaired) electrons. The van der Waals surface area contributed by atoms with E-state index in [9.17, 15) is 0 Å². The van der Waals surface area contributed by atoms with Gasteiger partial charge in [0.05, 0.1) is 0 Å². The number of hydrogen-bond donors (Lipinski definition) is 1. The van der Waals surface area contributed by atoms with E-state index in [1.54, 1.807) is 0 Å². The molecule has 0 aromatic rings. The maximum atomic E-state index is 5.65.